The van der Waals surface area contributed by atoms with Gasteiger partial charge >= 0.3 is 0 Å². The standard InChI is InChI=1S/C17H25BrN2O2/c1-16(2,13-5-4-6-14(18)11-13)12-20-15(21)17(22-3)7-9-19-10-8-17/h4-6,11,19H,7-10,12H2,1-3H3,(H,20,21). The fraction of sp³-hybridized carbons (Fsp3) is 0.588. The summed E-state index contributed by atoms with van der Waals surface area (Å²) in [5, 5.41) is 6.36. The summed E-state index contributed by atoms with van der Waals surface area (Å²) in [5.41, 5.74) is 0.374. The molecule has 0 bridgehead atoms. The highest BCUT2D eigenvalue weighted by Crippen LogP contribution is 2.27. The molecule has 2 N–H and O–H groups in total. The second kappa shape index (κ2) is 7.11. The van der Waals surface area contributed by atoms with Crippen molar-refractivity contribution in [3.8, 4) is 0 Å². The van der Waals surface area contributed by atoms with E-state index in [9.17, 15) is 4.79 Å². The normalized spacial score (nSPS) is 18.0. The van der Waals surface area contributed by atoms with E-state index in [4.69, 9.17) is 4.74 Å². The predicted molar refractivity (Wildman–Crippen MR) is 92.0 cm³/mol. The zero-order chi connectivity index (χ0) is 16.2. The van der Waals surface area contributed by atoms with Gasteiger partial charge in [0.15, 0.2) is 0 Å². The lowest BCUT2D eigenvalue weighted by atomic mass is 9.84. The third kappa shape index (κ3) is 3.89. The molecule has 4 nitrogen and oxygen atoms in total. The Morgan fingerprint density at radius 3 is 2.68 bits per heavy atom. The summed E-state index contributed by atoms with van der Waals surface area (Å²) in [6, 6.07) is 8.22. The van der Waals surface area contributed by atoms with Crippen molar-refractivity contribution in [1.82, 2.24) is 10.6 Å². The molecule has 0 spiro atoms. The first kappa shape index (κ1) is 17.4. The lowest BCUT2D eigenvalue weighted by Gasteiger charge is -2.36. The lowest BCUT2D eigenvalue weighted by Crippen LogP contribution is -2.55. The van der Waals surface area contributed by atoms with Gasteiger partial charge in [-0.3, -0.25) is 4.79 Å². The van der Waals surface area contributed by atoms with Crippen LogP contribution in [0, 0.1) is 0 Å². The number of piperidine rings is 1. The van der Waals surface area contributed by atoms with Gasteiger partial charge in [0.2, 0.25) is 0 Å². The summed E-state index contributed by atoms with van der Waals surface area (Å²) >= 11 is 3.50. The molecule has 1 aromatic carbocycles. The molecule has 22 heavy (non-hydrogen) atoms. The highest BCUT2D eigenvalue weighted by Gasteiger charge is 2.40. The zero-order valence-corrected chi connectivity index (χ0v) is 15.1. The number of benzene rings is 1. The van der Waals surface area contributed by atoms with Crippen LogP contribution in [0.15, 0.2) is 28.7 Å². The largest absolute Gasteiger partial charge is 0.368 e. The second-order valence-electron chi connectivity index (χ2n) is 6.53. The van der Waals surface area contributed by atoms with Crippen molar-refractivity contribution >= 4 is 21.8 Å². The maximum atomic E-state index is 12.6. The smallest absolute Gasteiger partial charge is 0.252 e. The predicted octanol–water partition coefficient (Wildman–Crippen LogP) is 2.61. The summed E-state index contributed by atoms with van der Waals surface area (Å²) in [6.45, 7) is 6.49. The Labute approximate surface area is 141 Å². The summed E-state index contributed by atoms with van der Waals surface area (Å²) in [4.78, 5) is 12.6. The second-order valence-corrected chi connectivity index (χ2v) is 7.44. The maximum Gasteiger partial charge on any atom is 0.252 e. The van der Waals surface area contributed by atoms with Crippen LogP contribution in [0.5, 0.6) is 0 Å². The third-order valence-electron chi connectivity index (χ3n) is 4.51. The number of carbonyl (C=O) groups is 1. The molecule has 5 heteroatoms. The van der Waals surface area contributed by atoms with Gasteiger partial charge in [0.05, 0.1) is 0 Å². The number of hydrogen-bond acceptors (Lipinski definition) is 3. The topological polar surface area (TPSA) is 50.4 Å². The van der Waals surface area contributed by atoms with Gasteiger partial charge in [-0.1, -0.05) is 41.9 Å². The molecule has 0 atom stereocenters. The van der Waals surface area contributed by atoms with Gasteiger partial charge in [0, 0.05) is 23.5 Å². The molecule has 1 amide bonds. The molecule has 0 radical (unpaired) electrons. The highest BCUT2D eigenvalue weighted by atomic mass is 79.9. The van der Waals surface area contributed by atoms with E-state index in [1.165, 1.54) is 5.56 Å². The van der Waals surface area contributed by atoms with Crippen LogP contribution in [0.25, 0.3) is 0 Å². The van der Waals surface area contributed by atoms with Crippen molar-refractivity contribution < 1.29 is 9.53 Å². The summed E-state index contributed by atoms with van der Waals surface area (Å²) in [7, 11) is 1.63. The Kier molecular flexibility index (Phi) is 5.64. The van der Waals surface area contributed by atoms with Gasteiger partial charge < -0.3 is 15.4 Å². The Balaban J connectivity index is 2.03. The Hall–Kier alpha value is -0.910. The molecular formula is C17H25BrN2O2. The number of amides is 1. The fourth-order valence-corrected chi connectivity index (χ4v) is 3.23. The van der Waals surface area contributed by atoms with E-state index in [1.807, 2.05) is 12.1 Å². The Bertz CT molecular complexity index is 525. The fourth-order valence-electron chi connectivity index (χ4n) is 2.83. The van der Waals surface area contributed by atoms with Crippen molar-refractivity contribution in [2.75, 3.05) is 26.7 Å². The average molecular weight is 369 g/mol. The first-order chi connectivity index (χ1) is 10.4. The Morgan fingerprint density at radius 1 is 1.41 bits per heavy atom. The van der Waals surface area contributed by atoms with Crippen LogP contribution in [0.3, 0.4) is 0 Å². The van der Waals surface area contributed by atoms with Crippen LogP contribution in [0.2, 0.25) is 0 Å². The number of carbonyl (C=O) groups excluding carboxylic acids is 1. The molecule has 0 aromatic heterocycles. The molecule has 0 aliphatic carbocycles. The molecule has 1 saturated heterocycles. The molecular weight excluding hydrogens is 344 g/mol. The van der Waals surface area contributed by atoms with Gasteiger partial charge in [0.1, 0.15) is 5.60 Å². The first-order valence-electron chi connectivity index (χ1n) is 7.70. The van der Waals surface area contributed by atoms with E-state index in [1.54, 1.807) is 7.11 Å². The van der Waals surface area contributed by atoms with Crippen LogP contribution in [0.1, 0.15) is 32.3 Å². The molecule has 0 saturated carbocycles. The van der Waals surface area contributed by atoms with E-state index >= 15 is 0 Å². The summed E-state index contributed by atoms with van der Waals surface area (Å²) in [6.07, 6.45) is 1.43. The SMILES string of the molecule is COC1(C(=O)NCC(C)(C)c2cccc(Br)c2)CCNCC1. The molecule has 122 valence electrons. The van der Waals surface area contributed by atoms with Crippen molar-refractivity contribution in [2.24, 2.45) is 0 Å². The van der Waals surface area contributed by atoms with E-state index in [2.05, 4.69) is 52.5 Å². The highest BCUT2D eigenvalue weighted by molar-refractivity contribution is 9.10. The molecule has 1 heterocycles. The minimum Gasteiger partial charge on any atom is -0.368 e. The molecule has 1 aliphatic heterocycles. The van der Waals surface area contributed by atoms with Crippen molar-refractivity contribution in [3.63, 3.8) is 0 Å². The number of halogens is 1. The average Bonchev–Trinajstić information content (AvgIpc) is 2.53. The monoisotopic (exact) mass is 368 g/mol. The van der Waals surface area contributed by atoms with Crippen LogP contribution in [-0.2, 0) is 14.9 Å². The van der Waals surface area contributed by atoms with Gasteiger partial charge in [0.25, 0.3) is 5.91 Å². The molecule has 1 fully saturated rings. The van der Waals surface area contributed by atoms with Crippen molar-refractivity contribution in [3.05, 3.63) is 34.3 Å². The van der Waals surface area contributed by atoms with E-state index < -0.39 is 5.60 Å². The number of methoxy groups -OCH3 is 1. The molecule has 1 aliphatic rings. The molecule has 0 unspecified atom stereocenters. The zero-order valence-electron chi connectivity index (χ0n) is 13.5. The minimum absolute atomic E-state index is 0.000396. The van der Waals surface area contributed by atoms with E-state index in [-0.39, 0.29) is 11.3 Å². The molecule has 2 rings (SSSR count). The number of nitrogens with one attached hydrogen (secondary N) is 2. The van der Waals surface area contributed by atoms with Crippen LogP contribution < -0.4 is 10.6 Å². The maximum absolute atomic E-state index is 12.6. The van der Waals surface area contributed by atoms with Gasteiger partial charge in [-0.2, -0.15) is 0 Å². The number of rotatable bonds is 5. The number of ether oxygens (including phenoxy) is 1. The summed E-state index contributed by atoms with van der Waals surface area (Å²) in [5.74, 6) is -0.000396. The molecule has 1 aromatic rings. The first-order valence-corrected chi connectivity index (χ1v) is 8.49. The van der Waals surface area contributed by atoms with E-state index in [0.717, 1.165) is 17.6 Å². The van der Waals surface area contributed by atoms with Crippen molar-refractivity contribution in [2.45, 2.75) is 37.7 Å². The van der Waals surface area contributed by atoms with Crippen LogP contribution >= 0.6 is 15.9 Å². The minimum atomic E-state index is -0.682. The van der Waals surface area contributed by atoms with Crippen LogP contribution in [0.4, 0.5) is 0 Å². The Morgan fingerprint density at radius 2 is 2.09 bits per heavy atom. The van der Waals surface area contributed by atoms with Gasteiger partial charge in [-0.05, 0) is 43.6 Å². The third-order valence-corrected chi connectivity index (χ3v) is 5.01. The number of hydrogen-bond donors (Lipinski definition) is 2. The lowest BCUT2D eigenvalue weighted by molar-refractivity contribution is -0.146. The van der Waals surface area contributed by atoms with E-state index in [0.29, 0.717) is 19.4 Å². The van der Waals surface area contributed by atoms with Gasteiger partial charge in [-0.25, -0.2) is 0 Å². The van der Waals surface area contributed by atoms with Gasteiger partial charge in [-0.15, -0.1) is 0 Å². The summed E-state index contributed by atoms with van der Waals surface area (Å²) < 4.78 is 6.62. The quantitative estimate of drug-likeness (QED) is 0.839. The van der Waals surface area contributed by atoms with Crippen LogP contribution in [-0.4, -0.2) is 38.3 Å². The van der Waals surface area contributed by atoms with Crippen molar-refractivity contribution in [1.29, 1.82) is 0 Å².